The fourth-order valence-corrected chi connectivity index (χ4v) is 1.75. The number of amides is 1. The molecule has 0 bridgehead atoms. The van der Waals surface area contributed by atoms with Crippen LogP contribution in [0.25, 0.3) is 11.0 Å². The van der Waals surface area contributed by atoms with Crippen molar-refractivity contribution in [2.45, 2.75) is 6.18 Å². The number of nitrogen functional groups attached to an aromatic ring is 1. The Morgan fingerprint density at radius 2 is 2.00 bits per heavy atom. The lowest BCUT2D eigenvalue weighted by Gasteiger charge is -2.01. The van der Waals surface area contributed by atoms with Gasteiger partial charge in [0.2, 0.25) is 0 Å². The molecule has 3 rings (SSSR count). The van der Waals surface area contributed by atoms with E-state index in [0.29, 0.717) is 6.07 Å². The lowest BCUT2D eigenvalue weighted by atomic mass is 10.2. The van der Waals surface area contributed by atoms with Crippen molar-refractivity contribution >= 4 is 28.6 Å². The van der Waals surface area contributed by atoms with E-state index in [1.54, 1.807) is 5.10 Å². The molecule has 12 heteroatoms. The molecular formula is C10H7F3N8O. The maximum atomic E-state index is 12.4. The zero-order valence-corrected chi connectivity index (χ0v) is 10.6. The van der Waals surface area contributed by atoms with Gasteiger partial charge in [-0.1, -0.05) is 0 Å². The van der Waals surface area contributed by atoms with E-state index in [0.717, 1.165) is 0 Å². The Morgan fingerprint density at radius 1 is 1.23 bits per heavy atom. The van der Waals surface area contributed by atoms with Crippen LogP contribution in [0.3, 0.4) is 0 Å². The highest BCUT2D eigenvalue weighted by Crippen LogP contribution is 2.29. The maximum Gasteiger partial charge on any atom is 0.432 e. The molecule has 3 aromatic heterocycles. The minimum atomic E-state index is -4.59. The molecule has 0 aliphatic carbocycles. The highest BCUT2D eigenvalue weighted by atomic mass is 19.4. The predicted molar refractivity (Wildman–Crippen MR) is 67.6 cm³/mol. The zero-order valence-electron chi connectivity index (χ0n) is 10.6. The Labute approximate surface area is 119 Å². The van der Waals surface area contributed by atoms with Crippen LogP contribution in [0.5, 0.6) is 0 Å². The molecule has 0 spiro atoms. The summed E-state index contributed by atoms with van der Waals surface area (Å²) in [4.78, 5) is 19.6. The monoisotopic (exact) mass is 312 g/mol. The van der Waals surface area contributed by atoms with E-state index in [2.05, 4.69) is 30.6 Å². The number of carbonyl (C=O) groups excluding carboxylic acids is 1. The number of rotatable bonds is 2. The maximum absolute atomic E-state index is 12.4. The summed E-state index contributed by atoms with van der Waals surface area (Å²) in [5.74, 6) is -1.05. The van der Waals surface area contributed by atoms with Crippen molar-refractivity contribution in [2.24, 2.45) is 0 Å². The van der Waals surface area contributed by atoms with Gasteiger partial charge in [0, 0.05) is 6.07 Å². The number of halogens is 3. The number of carbonyl (C=O) groups is 1. The molecule has 0 saturated carbocycles. The van der Waals surface area contributed by atoms with Gasteiger partial charge in [-0.25, -0.2) is 9.97 Å². The molecule has 0 aromatic carbocycles. The van der Waals surface area contributed by atoms with Crippen molar-refractivity contribution in [1.82, 2.24) is 30.4 Å². The number of hydrogen-bond donors (Lipinski definition) is 4. The molecule has 0 atom stereocenters. The highest BCUT2D eigenvalue weighted by Gasteiger charge is 2.33. The molecule has 9 nitrogen and oxygen atoms in total. The lowest BCUT2D eigenvalue weighted by molar-refractivity contribution is -0.141. The van der Waals surface area contributed by atoms with Crippen molar-refractivity contribution < 1.29 is 18.0 Å². The zero-order chi connectivity index (χ0) is 15.9. The molecule has 1 amide bonds. The van der Waals surface area contributed by atoms with E-state index in [9.17, 15) is 18.0 Å². The van der Waals surface area contributed by atoms with Crippen LogP contribution in [0.15, 0.2) is 12.4 Å². The summed E-state index contributed by atoms with van der Waals surface area (Å²) in [5.41, 5.74) is 4.63. The average Bonchev–Trinajstić information content (AvgIpc) is 3.05. The third-order valence-electron chi connectivity index (χ3n) is 2.73. The van der Waals surface area contributed by atoms with Crippen LogP contribution in [0.1, 0.15) is 16.2 Å². The van der Waals surface area contributed by atoms with Crippen LogP contribution >= 0.6 is 0 Å². The normalized spacial score (nSPS) is 11.8. The smallest absolute Gasteiger partial charge is 0.383 e. The lowest BCUT2D eigenvalue weighted by Crippen LogP contribution is -2.13. The highest BCUT2D eigenvalue weighted by molar-refractivity contribution is 6.12. The average molecular weight is 312 g/mol. The Kier molecular flexibility index (Phi) is 2.93. The first-order valence-electron chi connectivity index (χ1n) is 5.75. The van der Waals surface area contributed by atoms with E-state index >= 15 is 0 Å². The van der Waals surface area contributed by atoms with Gasteiger partial charge in [0.25, 0.3) is 5.91 Å². The molecule has 0 saturated heterocycles. The second-order valence-corrected chi connectivity index (χ2v) is 4.17. The minimum absolute atomic E-state index is 0.0157. The fraction of sp³-hybridized carbons (Fsp3) is 0.100. The third kappa shape index (κ3) is 2.30. The van der Waals surface area contributed by atoms with Crippen LogP contribution in [0.4, 0.5) is 24.8 Å². The summed E-state index contributed by atoms with van der Waals surface area (Å²) in [6.07, 6.45) is -3.42. The molecule has 0 aliphatic heterocycles. The molecule has 0 unspecified atom stereocenters. The Balaban J connectivity index is 1.89. The topological polar surface area (TPSA) is 138 Å². The van der Waals surface area contributed by atoms with Crippen molar-refractivity contribution in [3.63, 3.8) is 0 Å². The number of nitrogens with one attached hydrogen (secondary N) is 3. The van der Waals surface area contributed by atoms with Crippen LogP contribution in [-0.2, 0) is 6.18 Å². The number of aromatic amines is 2. The second-order valence-electron chi connectivity index (χ2n) is 4.17. The molecule has 0 fully saturated rings. The SMILES string of the molecule is Nc1ncnc2n[nH]c(C(=O)Nc3cc(C(F)(F)F)[nH]n3)c12. The van der Waals surface area contributed by atoms with E-state index in [-0.39, 0.29) is 28.4 Å². The number of hydrogen-bond acceptors (Lipinski definition) is 6. The number of H-pyrrole nitrogens is 2. The minimum Gasteiger partial charge on any atom is -0.383 e. The van der Waals surface area contributed by atoms with Gasteiger partial charge in [0.15, 0.2) is 11.5 Å². The largest absolute Gasteiger partial charge is 0.432 e. The van der Waals surface area contributed by atoms with Gasteiger partial charge in [-0.3, -0.25) is 15.0 Å². The second kappa shape index (κ2) is 4.68. The number of alkyl halides is 3. The summed E-state index contributed by atoms with van der Waals surface area (Å²) in [6, 6.07) is 0.663. The van der Waals surface area contributed by atoms with Crippen LogP contribution in [0.2, 0.25) is 0 Å². The van der Waals surface area contributed by atoms with Gasteiger partial charge in [-0.2, -0.15) is 23.4 Å². The van der Waals surface area contributed by atoms with Gasteiger partial charge < -0.3 is 11.1 Å². The fourth-order valence-electron chi connectivity index (χ4n) is 1.75. The van der Waals surface area contributed by atoms with Crippen molar-refractivity contribution in [1.29, 1.82) is 0 Å². The van der Waals surface area contributed by atoms with Gasteiger partial charge >= 0.3 is 6.18 Å². The quantitative estimate of drug-likeness (QED) is 0.555. The van der Waals surface area contributed by atoms with Gasteiger partial charge in [0.1, 0.15) is 23.5 Å². The third-order valence-corrected chi connectivity index (χ3v) is 2.73. The molecule has 3 aromatic rings. The first-order chi connectivity index (χ1) is 10.4. The van der Waals surface area contributed by atoms with E-state index < -0.39 is 17.8 Å². The van der Waals surface area contributed by atoms with Gasteiger partial charge in [0.05, 0.1) is 5.39 Å². The molecule has 3 heterocycles. The predicted octanol–water partition coefficient (Wildman–Crippen LogP) is 0.929. The Bertz CT molecular complexity index is 851. The van der Waals surface area contributed by atoms with Crippen molar-refractivity contribution in [3.8, 4) is 0 Å². The molecular weight excluding hydrogens is 305 g/mol. The summed E-state index contributed by atoms with van der Waals surface area (Å²) >= 11 is 0. The summed E-state index contributed by atoms with van der Waals surface area (Å²) in [6.45, 7) is 0. The van der Waals surface area contributed by atoms with Crippen LogP contribution in [0, 0.1) is 0 Å². The molecule has 0 aliphatic rings. The standard InChI is InChI=1S/C10H7F3N8O/c11-10(12,13)3-1-4(19-18-3)17-9(22)6-5-7(14)15-2-16-8(5)21-20-6/h1-2H,(H2,17,18,19,22)(H3,14,15,16,20,21). The first kappa shape index (κ1) is 13.8. The van der Waals surface area contributed by atoms with Gasteiger partial charge in [-0.05, 0) is 0 Å². The van der Waals surface area contributed by atoms with E-state index in [4.69, 9.17) is 5.73 Å². The van der Waals surface area contributed by atoms with Crippen LogP contribution in [-0.4, -0.2) is 36.3 Å². The first-order valence-corrected chi connectivity index (χ1v) is 5.75. The van der Waals surface area contributed by atoms with Crippen molar-refractivity contribution in [3.05, 3.63) is 23.8 Å². The molecule has 22 heavy (non-hydrogen) atoms. The van der Waals surface area contributed by atoms with E-state index in [1.165, 1.54) is 6.33 Å². The number of nitrogens with zero attached hydrogens (tertiary/aromatic N) is 4. The number of aromatic nitrogens is 6. The Hall–Kier alpha value is -3.18. The number of anilines is 2. The van der Waals surface area contributed by atoms with Gasteiger partial charge in [-0.15, -0.1) is 0 Å². The van der Waals surface area contributed by atoms with E-state index in [1.807, 2.05) is 0 Å². The summed E-state index contributed by atoms with van der Waals surface area (Å²) in [7, 11) is 0. The molecule has 114 valence electrons. The van der Waals surface area contributed by atoms with Crippen molar-refractivity contribution in [2.75, 3.05) is 11.1 Å². The summed E-state index contributed by atoms with van der Waals surface area (Å²) in [5, 5.41) is 13.7. The number of fused-ring (bicyclic) bond motifs is 1. The Morgan fingerprint density at radius 3 is 2.68 bits per heavy atom. The number of nitrogens with two attached hydrogens (primary N) is 1. The molecule has 5 N–H and O–H groups in total. The van der Waals surface area contributed by atoms with Crippen LogP contribution < -0.4 is 11.1 Å². The summed E-state index contributed by atoms with van der Waals surface area (Å²) < 4.78 is 37.3. The molecule has 0 radical (unpaired) electrons.